The van der Waals surface area contributed by atoms with E-state index < -0.39 is 6.10 Å². The number of hydrogen-bond acceptors (Lipinski definition) is 2. The number of rotatable bonds is 7. The third kappa shape index (κ3) is 5.07. The van der Waals surface area contributed by atoms with Crippen LogP contribution in [0.15, 0.2) is 48.5 Å². The molecule has 0 fully saturated rings. The maximum absolute atomic E-state index is 10.1. The average molecular weight is 304 g/mol. The van der Waals surface area contributed by atoms with Crippen LogP contribution in [0.25, 0.3) is 0 Å². The molecule has 0 radical (unpaired) electrons. The first-order valence-corrected chi connectivity index (χ1v) is 7.83. The Kier molecular flexibility index (Phi) is 6.09. The zero-order chi connectivity index (χ0) is 15.1. The Labute approximate surface area is 131 Å². The van der Waals surface area contributed by atoms with Gasteiger partial charge in [0.2, 0.25) is 0 Å². The second-order valence-electron chi connectivity index (χ2n) is 5.25. The molecule has 21 heavy (non-hydrogen) atoms. The summed E-state index contributed by atoms with van der Waals surface area (Å²) >= 11 is 5.84. The molecule has 2 rings (SSSR count). The Morgan fingerprint density at radius 3 is 2.33 bits per heavy atom. The van der Waals surface area contributed by atoms with Gasteiger partial charge in [-0.05, 0) is 48.2 Å². The fraction of sp³-hybridized carbons (Fsp3) is 0.333. The highest BCUT2D eigenvalue weighted by molar-refractivity contribution is 6.30. The maximum Gasteiger partial charge on any atom is 0.0962 e. The Hall–Kier alpha value is -1.51. The van der Waals surface area contributed by atoms with Gasteiger partial charge in [-0.1, -0.05) is 49.2 Å². The fourth-order valence-corrected chi connectivity index (χ4v) is 2.31. The molecule has 0 bridgehead atoms. The van der Waals surface area contributed by atoms with Gasteiger partial charge in [-0.2, -0.15) is 0 Å². The van der Waals surface area contributed by atoms with Gasteiger partial charge in [-0.25, -0.2) is 0 Å². The third-order valence-electron chi connectivity index (χ3n) is 3.53. The van der Waals surface area contributed by atoms with Crippen LogP contribution in [-0.4, -0.2) is 11.7 Å². The molecule has 0 aromatic heterocycles. The van der Waals surface area contributed by atoms with E-state index in [1.54, 1.807) is 12.1 Å². The van der Waals surface area contributed by atoms with E-state index in [-0.39, 0.29) is 0 Å². The second-order valence-corrected chi connectivity index (χ2v) is 5.69. The van der Waals surface area contributed by atoms with Crippen molar-refractivity contribution in [3.05, 3.63) is 64.7 Å². The number of unbranched alkanes of at least 4 members (excludes halogenated alkanes) is 1. The van der Waals surface area contributed by atoms with E-state index in [1.807, 2.05) is 12.1 Å². The van der Waals surface area contributed by atoms with Crippen molar-refractivity contribution in [2.75, 3.05) is 11.9 Å². The van der Waals surface area contributed by atoms with E-state index in [1.165, 1.54) is 18.4 Å². The molecule has 0 amide bonds. The molecule has 2 N–H and O–H groups in total. The molecule has 1 atom stereocenters. The van der Waals surface area contributed by atoms with E-state index in [9.17, 15) is 5.11 Å². The number of aryl methyl sites for hydroxylation is 1. The number of aliphatic hydroxyl groups excluding tert-OH is 1. The van der Waals surface area contributed by atoms with Gasteiger partial charge in [-0.3, -0.25) is 0 Å². The molecule has 3 heteroatoms. The summed E-state index contributed by atoms with van der Waals surface area (Å²) in [4.78, 5) is 0. The van der Waals surface area contributed by atoms with Crippen molar-refractivity contribution >= 4 is 17.3 Å². The van der Waals surface area contributed by atoms with Crippen molar-refractivity contribution in [3.63, 3.8) is 0 Å². The van der Waals surface area contributed by atoms with Gasteiger partial charge in [0, 0.05) is 17.3 Å². The zero-order valence-electron chi connectivity index (χ0n) is 12.3. The van der Waals surface area contributed by atoms with Crippen LogP contribution in [0.2, 0.25) is 5.02 Å². The number of anilines is 1. The molecule has 0 aliphatic carbocycles. The van der Waals surface area contributed by atoms with E-state index in [0.717, 1.165) is 17.7 Å². The summed E-state index contributed by atoms with van der Waals surface area (Å²) in [6.45, 7) is 2.68. The highest BCUT2D eigenvalue weighted by Crippen LogP contribution is 2.18. The van der Waals surface area contributed by atoms with Crippen molar-refractivity contribution in [1.82, 2.24) is 0 Å². The van der Waals surface area contributed by atoms with Crippen LogP contribution in [0.1, 0.15) is 37.0 Å². The lowest BCUT2D eigenvalue weighted by Gasteiger charge is -2.13. The highest BCUT2D eigenvalue weighted by atomic mass is 35.5. The van der Waals surface area contributed by atoms with Crippen LogP contribution < -0.4 is 5.32 Å². The largest absolute Gasteiger partial charge is 0.387 e. The molecule has 1 unspecified atom stereocenters. The topological polar surface area (TPSA) is 32.3 Å². The summed E-state index contributed by atoms with van der Waals surface area (Å²) < 4.78 is 0. The summed E-state index contributed by atoms with van der Waals surface area (Å²) in [5, 5.41) is 14.1. The van der Waals surface area contributed by atoms with Crippen LogP contribution in [0.4, 0.5) is 5.69 Å². The molecule has 0 saturated heterocycles. The third-order valence-corrected chi connectivity index (χ3v) is 3.78. The van der Waals surface area contributed by atoms with Gasteiger partial charge in [0.25, 0.3) is 0 Å². The minimum absolute atomic E-state index is 0.482. The van der Waals surface area contributed by atoms with Crippen molar-refractivity contribution in [2.45, 2.75) is 32.3 Å². The van der Waals surface area contributed by atoms with E-state index in [4.69, 9.17) is 11.6 Å². The SMILES string of the molecule is CCCCc1ccc(NCC(O)c2ccc(Cl)cc2)cc1. The minimum Gasteiger partial charge on any atom is -0.387 e. The molecule has 2 aromatic carbocycles. The van der Waals surface area contributed by atoms with Crippen LogP contribution in [0.5, 0.6) is 0 Å². The van der Waals surface area contributed by atoms with Gasteiger partial charge in [0.15, 0.2) is 0 Å². The molecule has 2 aromatic rings. The van der Waals surface area contributed by atoms with Crippen LogP contribution in [0, 0.1) is 0 Å². The molecule has 0 aliphatic rings. The van der Waals surface area contributed by atoms with Crippen LogP contribution in [0.3, 0.4) is 0 Å². The van der Waals surface area contributed by atoms with Gasteiger partial charge < -0.3 is 10.4 Å². The summed E-state index contributed by atoms with van der Waals surface area (Å²) in [7, 11) is 0. The monoisotopic (exact) mass is 303 g/mol. The molecule has 0 heterocycles. The lowest BCUT2D eigenvalue weighted by atomic mass is 10.1. The predicted octanol–water partition coefficient (Wildman–Crippen LogP) is 4.83. The zero-order valence-corrected chi connectivity index (χ0v) is 13.1. The van der Waals surface area contributed by atoms with Crippen molar-refractivity contribution in [3.8, 4) is 0 Å². The Balaban J connectivity index is 1.86. The molecule has 2 nitrogen and oxygen atoms in total. The number of aliphatic hydroxyl groups is 1. The Bertz CT molecular complexity index is 536. The first-order valence-electron chi connectivity index (χ1n) is 7.45. The van der Waals surface area contributed by atoms with Crippen LogP contribution in [-0.2, 0) is 6.42 Å². The number of benzene rings is 2. The van der Waals surface area contributed by atoms with Gasteiger partial charge in [0.1, 0.15) is 0 Å². The molecule has 0 aliphatic heterocycles. The summed E-state index contributed by atoms with van der Waals surface area (Å²) in [5.41, 5.74) is 3.26. The van der Waals surface area contributed by atoms with Crippen LogP contribution >= 0.6 is 11.6 Å². The summed E-state index contributed by atoms with van der Waals surface area (Å²) in [6, 6.07) is 15.7. The van der Waals surface area contributed by atoms with E-state index in [2.05, 4.69) is 36.5 Å². The summed E-state index contributed by atoms with van der Waals surface area (Å²) in [5.74, 6) is 0. The first-order chi connectivity index (χ1) is 10.2. The van der Waals surface area contributed by atoms with Crippen molar-refractivity contribution in [2.24, 2.45) is 0 Å². The smallest absolute Gasteiger partial charge is 0.0962 e. The summed E-state index contributed by atoms with van der Waals surface area (Å²) in [6.07, 6.45) is 3.03. The predicted molar refractivity (Wildman–Crippen MR) is 90.0 cm³/mol. The minimum atomic E-state index is -0.540. The lowest BCUT2D eigenvalue weighted by molar-refractivity contribution is 0.191. The Morgan fingerprint density at radius 1 is 1.05 bits per heavy atom. The number of halogens is 1. The Morgan fingerprint density at radius 2 is 1.71 bits per heavy atom. The normalized spacial score (nSPS) is 12.1. The molecular formula is C18H22ClNO. The second kappa shape index (κ2) is 8.06. The number of nitrogens with one attached hydrogen (secondary N) is 1. The maximum atomic E-state index is 10.1. The number of hydrogen-bond donors (Lipinski definition) is 2. The first kappa shape index (κ1) is 15.9. The van der Waals surface area contributed by atoms with Gasteiger partial charge in [-0.15, -0.1) is 0 Å². The molecule has 0 saturated carbocycles. The molecule has 0 spiro atoms. The van der Waals surface area contributed by atoms with Crippen molar-refractivity contribution < 1.29 is 5.11 Å². The quantitative estimate of drug-likeness (QED) is 0.768. The highest BCUT2D eigenvalue weighted by Gasteiger charge is 2.06. The van der Waals surface area contributed by atoms with Gasteiger partial charge in [0.05, 0.1) is 6.10 Å². The van der Waals surface area contributed by atoms with E-state index >= 15 is 0 Å². The average Bonchev–Trinajstić information content (AvgIpc) is 2.52. The molecular weight excluding hydrogens is 282 g/mol. The fourth-order valence-electron chi connectivity index (χ4n) is 2.19. The van der Waals surface area contributed by atoms with Gasteiger partial charge >= 0.3 is 0 Å². The standard InChI is InChI=1S/C18H22ClNO/c1-2-3-4-14-5-11-17(12-6-14)20-13-18(21)15-7-9-16(19)10-8-15/h5-12,18,20-21H,2-4,13H2,1H3. The lowest BCUT2D eigenvalue weighted by Crippen LogP contribution is -2.12. The molecule has 112 valence electrons. The van der Waals surface area contributed by atoms with E-state index in [0.29, 0.717) is 11.6 Å². The van der Waals surface area contributed by atoms with Crippen molar-refractivity contribution in [1.29, 1.82) is 0 Å².